The number of nitrogens with zero attached hydrogens (tertiary/aromatic N) is 2. The van der Waals surface area contributed by atoms with Crippen LogP contribution < -0.4 is 10.6 Å². The Balaban J connectivity index is 2.04. The van der Waals surface area contributed by atoms with Gasteiger partial charge in [-0.1, -0.05) is 11.2 Å². The number of nitrogens with one attached hydrogen (secondary N) is 2. The van der Waals surface area contributed by atoms with E-state index >= 15 is 0 Å². The maximum absolute atomic E-state index is 11.8. The minimum Gasteiger partial charge on any atom is -0.478 e. The molecule has 2 rings (SSSR count). The van der Waals surface area contributed by atoms with E-state index in [0.717, 1.165) is 0 Å². The fourth-order valence-electron chi connectivity index (χ4n) is 1.56. The van der Waals surface area contributed by atoms with Crippen molar-refractivity contribution in [3.8, 4) is 0 Å². The Morgan fingerprint density at radius 1 is 1.43 bits per heavy atom. The summed E-state index contributed by atoms with van der Waals surface area (Å²) < 4.78 is 5.23. The summed E-state index contributed by atoms with van der Waals surface area (Å²) in [4.78, 5) is 26.8. The molecule has 0 saturated heterocycles. The molecule has 0 radical (unpaired) electrons. The smallest absolute Gasteiger partial charge is 0.337 e. The molecule has 0 atom stereocenters. The standard InChI is InChI=1S/C12H11BrN4O4/c1-6-15-9(17-21-6)5-14-12(20)16-10-7(11(18)19)3-2-4-8(10)13/h2-4H,5H2,1H3,(H,18,19)(H2,14,16,20). The van der Waals surface area contributed by atoms with Gasteiger partial charge in [-0.2, -0.15) is 4.98 Å². The lowest BCUT2D eigenvalue weighted by molar-refractivity contribution is 0.0698. The highest BCUT2D eigenvalue weighted by Crippen LogP contribution is 2.26. The second-order valence-electron chi connectivity index (χ2n) is 4.00. The summed E-state index contributed by atoms with van der Waals surface area (Å²) >= 11 is 3.20. The Morgan fingerprint density at radius 2 is 2.19 bits per heavy atom. The van der Waals surface area contributed by atoms with Crippen molar-refractivity contribution in [3.05, 3.63) is 40.0 Å². The van der Waals surface area contributed by atoms with Gasteiger partial charge in [-0.3, -0.25) is 0 Å². The molecule has 1 aromatic heterocycles. The SMILES string of the molecule is Cc1nc(CNC(=O)Nc2c(Br)cccc2C(=O)O)no1. The zero-order valence-corrected chi connectivity index (χ0v) is 12.5. The summed E-state index contributed by atoms with van der Waals surface area (Å²) in [5.74, 6) is -0.417. The van der Waals surface area contributed by atoms with Crippen molar-refractivity contribution in [2.24, 2.45) is 0 Å². The fourth-order valence-corrected chi connectivity index (χ4v) is 2.02. The molecule has 0 aliphatic heterocycles. The molecule has 8 nitrogen and oxygen atoms in total. The van der Waals surface area contributed by atoms with Crippen molar-refractivity contribution in [3.63, 3.8) is 0 Å². The van der Waals surface area contributed by atoms with Gasteiger partial charge in [0, 0.05) is 11.4 Å². The van der Waals surface area contributed by atoms with E-state index in [1.54, 1.807) is 19.1 Å². The molecule has 21 heavy (non-hydrogen) atoms. The molecule has 0 aliphatic carbocycles. The molecule has 3 N–H and O–H groups in total. The van der Waals surface area contributed by atoms with Gasteiger partial charge in [0.05, 0.1) is 17.8 Å². The minimum absolute atomic E-state index is 0.0186. The van der Waals surface area contributed by atoms with Gasteiger partial charge in [0.1, 0.15) is 0 Å². The third-order valence-electron chi connectivity index (χ3n) is 2.46. The number of hydrogen-bond acceptors (Lipinski definition) is 5. The first kappa shape index (κ1) is 15.0. The van der Waals surface area contributed by atoms with Gasteiger partial charge < -0.3 is 20.3 Å². The highest BCUT2D eigenvalue weighted by molar-refractivity contribution is 9.10. The van der Waals surface area contributed by atoms with E-state index < -0.39 is 12.0 Å². The van der Waals surface area contributed by atoms with Crippen molar-refractivity contribution in [1.29, 1.82) is 0 Å². The molecule has 0 bridgehead atoms. The quantitative estimate of drug-likeness (QED) is 0.774. The Morgan fingerprint density at radius 3 is 2.81 bits per heavy atom. The predicted molar refractivity (Wildman–Crippen MR) is 76.0 cm³/mol. The van der Waals surface area contributed by atoms with Crippen LogP contribution in [0.3, 0.4) is 0 Å². The van der Waals surface area contributed by atoms with Crippen molar-refractivity contribution in [2.45, 2.75) is 13.5 Å². The normalized spacial score (nSPS) is 10.2. The van der Waals surface area contributed by atoms with Crippen LogP contribution in [0.2, 0.25) is 0 Å². The van der Waals surface area contributed by atoms with Gasteiger partial charge in [0.25, 0.3) is 0 Å². The number of benzene rings is 1. The van der Waals surface area contributed by atoms with Crippen LogP contribution in [-0.4, -0.2) is 27.2 Å². The molecule has 0 saturated carbocycles. The topological polar surface area (TPSA) is 117 Å². The van der Waals surface area contributed by atoms with Gasteiger partial charge in [-0.25, -0.2) is 9.59 Å². The lowest BCUT2D eigenvalue weighted by Crippen LogP contribution is -2.29. The van der Waals surface area contributed by atoms with Crippen molar-refractivity contribution in [1.82, 2.24) is 15.5 Å². The van der Waals surface area contributed by atoms with Crippen LogP contribution in [-0.2, 0) is 6.54 Å². The molecular weight excluding hydrogens is 344 g/mol. The average Bonchev–Trinajstić information content (AvgIpc) is 2.84. The monoisotopic (exact) mass is 354 g/mol. The Kier molecular flexibility index (Phi) is 4.53. The van der Waals surface area contributed by atoms with Gasteiger partial charge in [0.2, 0.25) is 5.89 Å². The molecule has 9 heteroatoms. The van der Waals surface area contributed by atoms with Crippen molar-refractivity contribution in [2.75, 3.05) is 5.32 Å². The molecule has 110 valence electrons. The van der Waals surface area contributed by atoms with E-state index in [0.29, 0.717) is 16.2 Å². The van der Waals surface area contributed by atoms with Crippen LogP contribution in [0.25, 0.3) is 0 Å². The number of urea groups is 1. The summed E-state index contributed by atoms with van der Waals surface area (Å²) in [5.41, 5.74) is 0.154. The van der Waals surface area contributed by atoms with Gasteiger partial charge in [-0.05, 0) is 28.1 Å². The molecule has 0 fully saturated rings. The first-order valence-electron chi connectivity index (χ1n) is 5.83. The highest BCUT2D eigenvalue weighted by atomic mass is 79.9. The van der Waals surface area contributed by atoms with E-state index in [-0.39, 0.29) is 17.8 Å². The Labute approximate surface area is 127 Å². The number of carboxylic acid groups (broad SMARTS) is 1. The zero-order chi connectivity index (χ0) is 15.4. The van der Waals surface area contributed by atoms with Gasteiger partial charge in [-0.15, -0.1) is 0 Å². The van der Waals surface area contributed by atoms with Crippen LogP contribution in [0.4, 0.5) is 10.5 Å². The van der Waals surface area contributed by atoms with E-state index in [2.05, 4.69) is 36.7 Å². The molecular formula is C12H11BrN4O4. The third kappa shape index (κ3) is 3.78. The number of aromatic carboxylic acids is 1. The number of halogens is 1. The van der Waals surface area contributed by atoms with Crippen LogP contribution >= 0.6 is 15.9 Å². The maximum atomic E-state index is 11.8. The van der Waals surface area contributed by atoms with Crippen LogP contribution in [0, 0.1) is 6.92 Å². The summed E-state index contributed by atoms with van der Waals surface area (Å²) in [6, 6.07) is 4.01. The number of rotatable bonds is 4. The van der Waals surface area contributed by atoms with Crippen molar-refractivity contribution >= 4 is 33.6 Å². The minimum atomic E-state index is -1.14. The summed E-state index contributed by atoms with van der Waals surface area (Å²) in [6.07, 6.45) is 0. The van der Waals surface area contributed by atoms with E-state index in [9.17, 15) is 9.59 Å². The van der Waals surface area contributed by atoms with Gasteiger partial charge in [0.15, 0.2) is 5.82 Å². The highest BCUT2D eigenvalue weighted by Gasteiger charge is 2.15. The molecule has 1 heterocycles. The lowest BCUT2D eigenvalue weighted by atomic mass is 10.2. The predicted octanol–water partition coefficient (Wildman–Crippen LogP) is 2.16. The number of anilines is 1. The largest absolute Gasteiger partial charge is 0.478 e. The third-order valence-corrected chi connectivity index (χ3v) is 3.12. The van der Waals surface area contributed by atoms with E-state index in [4.69, 9.17) is 9.63 Å². The van der Waals surface area contributed by atoms with Crippen LogP contribution in [0.1, 0.15) is 22.1 Å². The van der Waals surface area contributed by atoms with Gasteiger partial charge >= 0.3 is 12.0 Å². The lowest BCUT2D eigenvalue weighted by Gasteiger charge is -2.10. The maximum Gasteiger partial charge on any atom is 0.337 e. The second kappa shape index (κ2) is 6.35. The van der Waals surface area contributed by atoms with Crippen LogP contribution in [0.15, 0.2) is 27.2 Å². The van der Waals surface area contributed by atoms with E-state index in [1.807, 2.05) is 0 Å². The summed E-state index contributed by atoms with van der Waals surface area (Å²) in [6.45, 7) is 1.70. The number of carboxylic acids is 1. The number of amides is 2. The molecule has 0 spiro atoms. The fraction of sp³-hybridized carbons (Fsp3) is 0.167. The second-order valence-corrected chi connectivity index (χ2v) is 4.86. The molecule has 0 aliphatic rings. The van der Waals surface area contributed by atoms with E-state index in [1.165, 1.54) is 6.07 Å². The molecule has 1 aromatic carbocycles. The number of para-hydroxylation sites is 1. The summed E-state index contributed by atoms with van der Waals surface area (Å²) in [7, 11) is 0. The van der Waals surface area contributed by atoms with Crippen molar-refractivity contribution < 1.29 is 19.2 Å². The Hall–Kier alpha value is -2.42. The molecule has 0 unspecified atom stereocenters. The summed E-state index contributed by atoms with van der Waals surface area (Å²) in [5, 5.41) is 17.7. The number of carbonyl (C=O) groups is 2. The first-order chi connectivity index (χ1) is 9.97. The molecule has 2 aromatic rings. The first-order valence-corrected chi connectivity index (χ1v) is 6.62. The number of hydrogen-bond donors (Lipinski definition) is 3. The average molecular weight is 355 g/mol. The molecule has 2 amide bonds. The number of carbonyl (C=O) groups excluding carboxylic acids is 1. The Bertz CT molecular complexity index is 686. The zero-order valence-electron chi connectivity index (χ0n) is 10.9. The van der Waals surface area contributed by atoms with Crippen LogP contribution in [0.5, 0.6) is 0 Å². The number of aromatic nitrogens is 2. The number of aryl methyl sites for hydroxylation is 1.